The average molecular weight is 285 g/mol. The molecule has 0 saturated carbocycles. The Morgan fingerprint density at radius 3 is 1.90 bits per heavy atom. The van der Waals surface area contributed by atoms with Crippen molar-refractivity contribution in [3.63, 3.8) is 0 Å². The van der Waals surface area contributed by atoms with Crippen LogP contribution in [0.5, 0.6) is 0 Å². The molecule has 2 rings (SSSR count). The number of hydrogen-bond donors (Lipinski definition) is 1. The number of nitrogens with zero attached hydrogens (tertiary/aromatic N) is 2. The lowest BCUT2D eigenvalue weighted by Crippen LogP contribution is -2.07. The fourth-order valence-electron chi connectivity index (χ4n) is 1.38. The van der Waals surface area contributed by atoms with E-state index in [0.29, 0.717) is 0 Å². The first-order chi connectivity index (χ1) is 9.45. The minimum atomic E-state index is -2.24. The number of aromatic nitrogens is 1. The SMILES string of the molecule is N#Cc1ccc(Nc2c(F)c(F)c(F)c(F)c2F)nc1. The van der Waals surface area contributed by atoms with Gasteiger partial charge < -0.3 is 5.32 Å². The van der Waals surface area contributed by atoms with Gasteiger partial charge >= 0.3 is 0 Å². The monoisotopic (exact) mass is 285 g/mol. The highest BCUT2D eigenvalue weighted by atomic mass is 19.2. The van der Waals surface area contributed by atoms with Gasteiger partial charge in [0.15, 0.2) is 23.3 Å². The van der Waals surface area contributed by atoms with Crippen molar-refractivity contribution in [1.82, 2.24) is 4.98 Å². The molecule has 0 saturated heterocycles. The van der Waals surface area contributed by atoms with Crippen molar-refractivity contribution in [2.75, 3.05) is 5.32 Å². The molecule has 0 aliphatic rings. The Labute approximate surface area is 109 Å². The van der Waals surface area contributed by atoms with E-state index in [-0.39, 0.29) is 11.4 Å². The fourth-order valence-corrected chi connectivity index (χ4v) is 1.38. The first-order valence-electron chi connectivity index (χ1n) is 5.10. The van der Waals surface area contributed by atoms with Gasteiger partial charge in [-0.15, -0.1) is 0 Å². The van der Waals surface area contributed by atoms with Crippen molar-refractivity contribution in [3.8, 4) is 6.07 Å². The van der Waals surface area contributed by atoms with E-state index < -0.39 is 34.8 Å². The topological polar surface area (TPSA) is 48.7 Å². The van der Waals surface area contributed by atoms with Crippen molar-refractivity contribution in [2.24, 2.45) is 0 Å². The molecule has 0 atom stereocenters. The predicted molar refractivity (Wildman–Crippen MR) is 58.5 cm³/mol. The van der Waals surface area contributed by atoms with Crippen LogP contribution in [0.15, 0.2) is 18.3 Å². The van der Waals surface area contributed by atoms with Gasteiger partial charge in [0.1, 0.15) is 17.6 Å². The Kier molecular flexibility index (Phi) is 3.52. The molecular weight excluding hydrogens is 281 g/mol. The molecule has 0 unspecified atom stereocenters. The standard InChI is InChI=1S/C12H4F5N3/c13-7-8(14)10(16)12(11(17)9(7)15)20-6-2-1-5(3-18)4-19-6/h1-2,4H,(H,19,20). The number of rotatable bonds is 2. The molecule has 20 heavy (non-hydrogen) atoms. The molecule has 0 amide bonds. The molecule has 0 aliphatic heterocycles. The van der Waals surface area contributed by atoms with Crippen LogP contribution in [0.2, 0.25) is 0 Å². The van der Waals surface area contributed by atoms with Crippen molar-refractivity contribution in [1.29, 1.82) is 5.26 Å². The lowest BCUT2D eigenvalue weighted by Gasteiger charge is -2.10. The summed E-state index contributed by atoms with van der Waals surface area (Å²) in [4.78, 5) is 3.60. The van der Waals surface area contributed by atoms with Gasteiger partial charge in [0.25, 0.3) is 0 Å². The summed E-state index contributed by atoms with van der Waals surface area (Å²) in [6, 6.07) is 4.19. The van der Waals surface area contributed by atoms with Crippen LogP contribution < -0.4 is 5.32 Å². The quantitative estimate of drug-likeness (QED) is 0.522. The molecule has 102 valence electrons. The highest BCUT2D eigenvalue weighted by molar-refractivity contribution is 5.58. The van der Waals surface area contributed by atoms with Gasteiger partial charge in [-0.2, -0.15) is 5.26 Å². The maximum absolute atomic E-state index is 13.4. The smallest absolute Gasteiger partial charge is 0.200 e. The van der Waals surface area contributed by atoms with Gasteiger partial charge in [0.2, 0.25) is 5.82 Å². The molecule has 1 aromatic heterocycles. The zero-order valence-electron chi connectivity index (χ0n) is 9.52. The van der Waals surface area contributed by atoms with Crippen LogP contribution in [0, 0.1) is 40.4 Å². The summed E-state index contributed by atoms with van der Waals surface area (Å²) in [6.45, 7) is 0. The van der Waals surface area contributed by atoms with Gasteiger partial charge in [-0.25, -0.2) is 26.9 Å². The number of halogens is 5. The summed E-state index contributed by atoms with van der Waals surface area (Å²) in [6.07, 6.45) is 1.08. The van der Waals surface area contributed by atoms with Crippen molar-refractivity contribution >= 4 is 11.5 Å². The molecule has 0 aliphatic carbocycles. The van der Waals surface area contributed by atoms with Crippen molar-refractivity contribution in [2.45, 2.75) is 0 Å². The van der Waals surface area contributed by atoms with E-state index in [0.717, 1.165) is 12.3 Å². The molecular formula is C12H4F5N3. The second kappa shape index (κ2) is 5.13. The summed E-state index contributed by atoms with van der Waals surface area (Å²) < 4.78 is 65.5. The summed E-state index contributed by atoms with van der Waals surface area (Å²) in [5.41, 5.74) is -1.04. The third kappa shape index (κ3) is 2.25. The van der Waals surface area contributed by atoms with Crippen LogP contribution in [-0.2, 0) is 0 Å². The van der Waals surface area contributed by atoms with E-state index in [2.05, 4.69) is 4.98 Å². The molecule has 1 N–H and O–H groups in total. The zero-order valence-corrected chi connectivity index (χ0v) is 9.52. The second-order valence-electron chi connectivity index (χ2n) is 3.61. The Bertz CT molecular complexity index is 678. The summed E-state index contributed by atoms with van der Waals surface area (Å²) in [5, 5.41) is 10.5. The van der Waals surface area contributed by atoms with Gasteiger partial charge in [0.05, 0.1) is 5.56 Å². The highest BCUT2D eigenvalue weighted by Gasteiger charge is 2.25. The molecule has 0 fully saturated rings. The van der Waals surface area contributed by atoms with Crippen LogP contribution in [0.4, 0.5) is 33.5 Å². The molecule has 0 bridgehead atoms. The number of nitriles is 1. The molecule has 1 heterocycles. The molecule has 1 aromatic carbocycles. The minimum absolute atomic E-state index is 0.174. The maximum Gasteiger partial charge on any atom is 0.200 e. The third-order valence-electron chi connectivity index (χ3n) is 2.36. The minimum Gasteiger partial charge on any atom is -0.335 e. The summed E-state index contributed by atoms with van der Waals surface area (Å²) in [7, 11) is 0. The van der Waals surface area contributed by atoms with E-state index in [4.69, 9.17) is 5.26 Å². The molecule has 0 radical (unpaired) electrons. The van der Waals surface area contributed by atoms with Crippen LogP contribution in [-0.4, -0.2) is 4.98 Å². The van der Waals surface area contributed by atoms with Crippen molar-refractivity contribution < 1.29 is 22.0 Å². The second-order valence-corrected chi connectivity index (χ2v) is 3.61. The van der Waals surface area contributed by atoms with Crippen LogP contribution in [0.1, 0.15) is 5.56 Å². The van der Waals surface area contributed by atoms with Gasteiger partial charge in [-0.3, -0.25) is 0 Å². The maximum atomic E-state index is 13.4. The Balaban J connectivity index is 2.46. The zero-order chi connectivity index (χ0) is 14.9. The van der Waals surface area contributed by atoms with E-state index in [1.807, 2.05) is 5.32 Å². The lowest BCUT2D eigenvalue weighted by atomic mass is 10.2. The van der Waals surface area contributed by atoms with Crippen molar-refractivity contribution in [3.05, 3.63) is 53.0 Å². The Morgan fingerprint density at radius 2 is 1.45 bits per heavy atom. The predicted octanol–water partition coefficient (Wildman–Crippen LogP) is 3.39. The number of pyridine rings is 1. The molecule has 0 spiro atoms. The highest BCUT2D eigenvalue weighted by Crippen LogP contribution is 2.29. The number of hydrogen-bond acceptors (Lipinski definition) is 3. The Morgan fingerprint density at radius 1 is 0.900 bits per heavy atom. The normalized spacial score (nSPS) is 10.2. The number of anilines is 2. The van der Waals surface area contributed by atoms with E-state index in [1.165, 1.54) is 6.07 Å². The molecule has 2 aromatic rings. The third-order valence-corrected chi connectivity index (χ3v) is 2.36. The fraction of sp³-hybridized carbons (Fsp3) is 0. The van der Waals surface area contributed by atoms with E-state index in [9.17, 15) is 22.0 Å². The lowest BCUT2D eigenvalue weighted by molar-refractivity contribution is 0.382. The van der Waals surface area contributed by atoms with Crippen LogP contribution >= 0.6 is 0 Å². The summed E-state index contributed by atoms with van der Waals surface area (Å²) >= 11 is 0. The first kappa shape index (κ1) is 13.7. The van der Waals surface area contributed by atoms with Crippen LogP contribution in [0.25, 0.3) is 0 Å². The first-order valence-corrected chi connectivity index (χ1v) is 5.10. The van der Waals surface area contributed by atoms with Gasteiger partial charge in [-0.05, 0) is 12.1 Å². The van der Waals surface area contributed by atoms with E-state index >= 15 is 0 Å². The van der Waals surface area contributed by atoms with Crippen LogP contribution in [0.3, 0.4) is 0 Å². The number of benzene rings is 1. The van der Waals surface area contributed by atoms with E-state index in [1.54, 1.807) is 6.07 Å². The Hall–Kier alpha value is -2.69. The number of nitrogens with one attached hydrogen (secondary N) is 1. The van der Waals surface area contributed by atoms with Gasteiger partial charge in [0, 0.05) is 6.20 Å². The largest absolute Gasteiger partial charge is 0.335 e. The molecule has 8 heteroatoms. The molecule has 3 nitrogen and oxygen atoms in total. The average Bonchev–Trinajstić information content (AvgIpc) is 2.48. The van der Waals surface area contributed by atoms with Gasteiger partial charge in [-0.1, -0.05) is 0 Å². The summed E-state index contributed by atoms with van der Waals surface area (Å²) in [5.74, 6) is -10.5.